The summed E-state index contributed by atoms with van der Waals surface area (Å²) in [4.78, 5) is 12.7. The molecule has 0 unspecified atom stereocenters. The van der Waals surface area contributed by atoms with Gasteiger partial charge in [0.05, 0.1) is 18.5 Å². The van der Waals surface area contributed by atoms with E-state index in [4.69, 9.17) is 9.47 Å². The van der Waals surface area contributed by atoms with E-state index in [9.17, 15) is 9.18 Å². The minimum absolute atomic E-state index is 0.167. The second kappa shape index (κ2) is 8.86. The molecule has 2 aromatic carbocycles. The van der Waals surface area contributed by atoms with Crippen LogP contribution in [0.1, 0.15) is 4.88 Å². The van der Waals surface area contributed by atoms with Crippen LogP contribution in [0.15, 0.2) is 76.3 Å². The van der Waals surface area contributed by atoms with Crippen molar-refractivity contribution in [2.24, 2.45) is 10.2 Å². The van der Waals surface area contributed by atoms with Crippen LogP contribution in [0.3, 0.4) is 0 Å². The predicted molar refractivity (Wildman–Crippen MR) is 103 cm³/mol. The van der Waals surface area contributed by atoms with Gasteiger partial charge in [0.25, 0.3) is 0 Å². The third kappa shape index (κ3) is 5.32. The summed E-state index contributed by atoms with van der Waals surface area (Å²) in [7, 11) is 1.58. The number of ether oxygens (including phenoxy) is 2. The quantitative estimate of drug-likeness (QED) is 0.230. The summed E-state index contributed by atoms with van der Waals surface area (Å²) in [5.41, 5.74) is 0.905. The highest BCUT2D eigenvalue weighted by atomic mass is 32.1. The first-order chi connectivity index (χ1) is 13.1. The van der Waals surface area contributed by atoms with E-state index in [2.05, 4.69) is 10.2 Å². The molecule has 0 saturated carbocycles. The molecule has 0 saturated heterocycles. The van der Waals surface area contributed by atoms with E-state index in [1.54, 1.807) is 37.5 Å². The molecule has 0 amide bonds. The standard InChI is InChI=1S/C20H15FN2O3S/c1-25-16-7-4-14(5-8-16)22-23-15-6-10-19(18(21)13-15)26-20(24)11-9-17-3-2-12-27-17/h2-13H,1H3/b11-9+,23-22?. The van der Waals surface area contributed by atoms with Gasteiger partial charge in [-0.25, -0.2) is 9.18 Å². The Morgan fingerprint density at radius 1 is 1.07 bits per heavy atom. The molecule has 0 aliphatic heterocycles. The minimum Gasteiger partial charge on any atom is -0.497 e. The number of carbonyl (C=O) groups excluding carboxylic acids is 1. The van der Waals surface area contributed by atoms with Gasteiger partial charge in [-0.05, 0) is 53.9 Å². The van der Waals surface area contributed by atoms with Crippen molar-refractivity contribution >= 4 is 34.8 Å². The highest BCUT2D eigenvalue weighted by molar-refractivity contribution is 7.10. The number of azo groups is 1. The molecule has 0 aliphatic rings. The number of thiophene rings is 1. The summed E-state index contributed by atoms with van der Waals surface area (Å²) in [5.74, 6) is -0.813. The molecule has 0 radical (unpaired) electrons. The lowest BCUT2D eigenvalue weighted by Crippen LogP contribution is -2.04. The van der Waals surface area contributed by atoms with Crippen LogP contribution in [-0.2, 0) is 4.79 Å². The van der Waals surface area contributed by atoms with Crippen LogP contribution in [0, 0.1) is 5.82 Å². The van der Waals surface area contributed by atoms with Crippen molar-refractivity contribution in [3.63, 3.8) is 0 Å². The van der Waals surface area contributed by atoms with Crippen LogP contribution < -0.4 is 9.47 Å². The van der Waals surface area contributed by atoms with Gasteiger partial charge in [-0.15, -0.1) is 11.3 Å². The summed E-state index contributed by atoms with van der Waals surface area (Å²) < 4.78 is 24.2. The number of benzene rings is 2. The Bertz CT molecular complexity index is 967. The van der Waals surface area contributed by atoms with E-state index in [0.717, 1.165) is 10.9 Å². The lowest BCUT2D eigenvalue weighted by atomic mass is 10.3. The molecule has 7 heteroatoms. The molecule has 0 bridgehead atoms. The van der Waals surface area contributed by atoms with E-state index in [-0.39, 0.29) is 5.75 Å². The second-order valence-corrected chi connectivity index (χ2v) is 6.26. The van der Waals surface area contributed by atoms with Crippen molar-refractivity contribution in [1.29, 1.82) is 0 Å². The summed E-state index contributed by atoms with van der Waals surface area (Å²) >= 11 is 1.48. The number of hydrogen-bond acceptors (Lipinski definition) is 6. The van der Waals surface area contributed by atoms with E-state index in [0.29, 0.717) is 17.1 Å². The van der Waals surface area contributed by atoms with Gasteiger partial charge in [-0.3, -0.25) is 0 Å². The Morgan fingerprint density at radius 3 is 2.48 bits per heavy atom. The molecule has 1 aromatic heterocycles. The predicted octanol–water partition coefficient (Wildman–Crippen LogP) is 5.93. The number of nitrogens with zero attached hydrogens (tertiary/aromatic N) is 2. The highest BCUT2D eigenvalue weighted by Crippen LogP contribution is 2.26. The fourth-order valence-corrected chi connectivity index (χ4v) is 2.70. The zero-order chi connectivity index (χ0) is 19.1. The van der Waals surface area contributed by atoms with Crippen molar-refractivity contribution in [2.75, 3.05) is 7.11 Å². The van der Waals surface area contributed by atoms with Crippen LogP contribution in [0.4, 0.5) is 15.8 Å². The van der Waals surface area contributed by atoms with E-state index in [1.165, 1.54) is 29.5 Å². The van der Waals surface area contributed by atoms with Crippen LogP contribution in [0.2, 0.25) is 0 Å². The molecule has 0 N–H and O–H groups in total. The Morgan fingerprint density at radius 2 is 1.81 bits per heavy atom. The SMILES string of the molecule is COc1ccc(N=Nc2ccc(OC(=O)/C=C/c3cccs3)c(F)c2)cc1. The first-order valence-corrected chi connectivity index (χ1v) is 8.81. The summed E-state index contributed by atoms with van der Waals surface area (Å²) in [6, 6.07) is 14.7. The normalized spacial score (nSPS) is 11.2. The van der Waals surface area contributed by atoms with Gasteiger partial charge in [0.2, 0.25) is 0 Å². The van der Waals surface area contributed by atoms with E-state index < -0.39 is 11.8 Å². The second-order valence-electron chi connectivity index (χ2n) is 5.28. The van der Waals surface area contributed by atoms with E-state index >= 15 is 0 Å². The molecular weight excluding hydrogens is 367 g/mol. The fourth-order valence-electron chi connectivity index (χ4n) is 2.08. The lowest BCUT2D eigenvalue weighted by Gasteiger charge is -2.03. The number of rotatable bonds is 6. The van der Waals surface area contributed by atoms with Crippen LogP contribution >= 0.6 is 11.3 Å². The molecule has 5 nitrogen and oxygen atoms in total. The Hall–Kier alpha value is -3.32. The van der Waals surface area contributed by atoms with Crippen molar-refractivity contribution in [3.05, 3.63) is 76.7 Å². The van der Waals surface area contributed by atoms with Crippen molar-refractivity contribution < 1.29 is 18.7 Å². The molecule has 136 valence electrons. The molecule has 0 spiro atoms. The first-order valence-electron chi connectivity index (χ1n) is 7.93. The van der Waals surface area contributed by atoms with Crippen LogP contribution in [-0.4, -0.2) is 13.1 Å². The maximum atomic E-state index is 14.1. The smallest absolute Gasteiger partial charge is 0.336 e. The maximum Gasteiger partial charge on any atom is 0.336 e. The van der Waals surface area contributed by atoms with Gasteiger partial charge in [0.15, 0.2) is 11.6 Å². The Balaban J connectivity index is 1.64. The lowest BCUT2D eigenvalue weighted by molar-refractivity contribution is -0.129. The molecule has 3 aromatic rings. The number of hydrogen-bond donors (Lipinski definition) is 0. The first kappa shape index (κ1) is 18.5. The van der Waals surface area contributed by atoms with Gasteiger partial charge >= 0.3 is 5.97 Å². The number of esters is 1. The molecule has 27 heavy (non-hydrogen) atoms. The van der Waals surface area contributed by atoms with Crippen molar-refractivity contribution in [3.8, 4) is 11.5 Å². The van der Waals surface area contributed by atoms with Gasteiger partial charge in [-0.1, -0.05) is 6.07 Å². The van der Waals surface area contributed by atoms with Gasteiger partial charge in [0.1, 0.15) is 5.75 Å². The number of halogens is 1. The molecule has 1 heterocycles. The third-order valence-electron chi connectivity index (χ3n) is 3.41. The Labute approximate surface area is 159 Å². The summed E-state index contributed by atoms with van der Waals surface area (Å²) in [6.45, 7) is 0. The Kier molecular flexibility index (Phi) is 6.06. The highest BCUT2D eigenvalue weighted by Gasteiger charge is 2.08. The van der Waals surface area contributed by atoms with E-state index in [1.807, 2.05) is 17.5 Å². The van der Waals surface area contributed by atoms with Crippen LogP contribution in [0.25, 0.3) is 6.08 Å². The topological polar surface area (TPSA) is 60.3 Å². The van der Waals surface area contributed by atoms with Crippen LogP contribution in [0.5, 0.6) is 11.5 Å². The summed E-state index contributed by atoms with van der Waals surface area (Å²) in [5, 5.41) is 9.89. The zero-order valence-corrected chi connectivity index (χ0v) is 15.2. The average Bonchev–Trinajstić information content (AvgIpc) is 3.21. The molecule has 0 aliphatic carbocycles. The zero-order valence-electron chi connectivity index (χ0n) is 14.3. The monoisotopic (exact) mass is 382 g/mol. The summed E-state index contributed by atoms with van der Waals surface area (Å²) in [6.07, 6.45) is 2.87. The molecule has 0 atom stereocenters. The maximum absolute atomic E-state index is 14.1. The molecule has 0 fully saturated rings. The van der Waals surface area contributed by atoms with Crippen molar-refractivity contribution in [1.82, 2.24) is 0 Å². The van der Waals surface area contributed by atoms with Gasteiger partial charge in [-0.2, -0.15) is 10.2 Å². The third-order valence-corrected chi connectivity index (χ3v) is 4.24. The van der Waals surface area contributed by atoms with Gasteiger partial charge in [0, 0.05) is 17.0 Å². The average molecular weight is 382 g/mol. The largest absolute Gasteiger partial charge is 0.497 e. The number of carbonyl (C=O) groups is 1. The number of methoxy groups -OCH3 is 1. The molecular formula is C20H15FN2O3S. The van der Waals surface area contributed by atoms with Crippen molar-refractivity contribution in [2.45, 2.75) is 0 Å². The molecule has 3 rings (SSSR count). The fraction of sp³-hybridized carbons (Fsp3) is 0.0500. The minimum atomic E-state index is -0.695. The van der Waals surface area contributed by atoms with Gasteiger partial charge < -0.3 is 9.47 Å².